The second kappa shape index (κ2) is 9.12. The predicted octanol–water partition coefficient (Wildman–Crippen LogP) is 4.09. The summed E-state index contributed by atoms with van der Waals surface area (Å²) in [5.41, 5.74) is 2.56. The molecule has 3 aromatic rings. The fourth-order valence-electron chi connectivity index (χ4n) is 3.94. The summed E-state index contributed by atoms with van der Waals surface area (Å²) < 4.78 is 20.2. The first-order chi connectivity index (χ1) is 15.1. The quantitative estimate of drug-likeness (QED) is 0.582. The van der Waals surface area contributed by atoms with Crippen LogP contribution in [0.3, 0.4) is 0 Å². The molecule has 1 unspecified atom stereocenters. The van der Waals surface area contributed by atoms with Gasteiger partial charge in [-0.2, -0.15) is 5.10 Å². The summed E-state index contributed by atoms with van der Waals surface area (Å²) in [6, 6.07) is 15.5. The summed E-state index contributed by atoms with van der Waals surface area (Å²) in [7, 11) is 0. The third-order valence-corrected chi connectivity index (χ3v) is 5.45. The molecule has 6 nitrogen and oxygen atoms in total. The van der Waals surface area contributed by atoms with Gasteiger partial charge in [0.2, 0.25) is 0 Å². The number of rotatable bonds is 5. The fourth-order valence-corrected chi connectivity index (χ4v) is 3.94. The van der Waals surface area contributed by atoms with Gasteiger partial charge >= 0.3 is 5.97 Å². The van der Waals surface area contributed by atoms with Crippen LogP contribution in [0.25, 0.3) is 16.9 Å². The lowest BCUT2D eigenvalue weighted by atomic mass is 9.97. The highest BCUT2D eigenvalue weighted by Crippen LogP contribution is 2.29. The van der Waals surface area contributed by atoms with E-state index < -0.39 is 0 Å². The SMILES string of the molecule is CCOC(=O)C1CCCN(C(=O)c2cnn(-c3ccc(F)cc3)c2-c2ccccc2)C1. The third-order valence-electron chi connectivity index (χ3n) is 5.45. The van der Waals surface area contributed by atoms with Crippen LogP contribution in [0.2, 0.25) is 0 Å². The summed E-state index contributed by atoms with van der Waals surface area (Å²) in [5.74, 6) is -1.09. The Hall–Kier alpha value is -3.48. The summed E-state index contributed by atoms with van der Waals surface area (Å²) in [6.07, 6.45) is 2.99. The van der Waals surface area contributed by atoms with Crippen LogP contribution in [0.4, 0.5) is 4.39 Å². The molecule has 0 bridgehead atoms. The zero-order chi connectivity index (χ0) is 21.8. The molecule has 2 heterocycles. The van der Waals surface area contributed by atoms with E-state index in [4.69, 9.17) is 4.74 Å². The number of amides is 1. The Labute approximate surface area is 180 Å². The standard InChI is InChI=1S/C24H24FN3O3/c1-2-31-24(30)18-9-6-14-27(16-18)23(29)21-15-26-28(20-12-10-19(25)11-13-20)22(21)17-7-4-3-5-8-17/h3-5,7-8,10-13,15,18H,2,6,9,14,16H2,1H3. The van der Waals surface area contributed by atoms with Gasteiger partial charge in [-0.05, 0) is 44.0 Å². The van der Waals surface area contributed by atoms with E-state index in [9.17, 15) is 14.0 Å². The minimum absolute atomic E-state index is 0.179. The zero-order valence-electron chi connectivity index (χ0n) is 17.3. The van der Waals surface area contributed by atoms with E-state index in [1.165, 1.54) is 12.1 Å². The summed E-state index contributed by atoms with van der Waals surface area (Å²) >= 11 is 0. The van der Waals surface area contributed by atoms with Gasteiger partial charge in [0.15, 0.2) is 0 Å². The first kappa shape index (κ1) is 20.8. The Bertz CT molecular complexity index is 1060. The minimum Gasteiger partial charge on any atom is -0.466 e. The van der Waals surface area contributed by atoms with Crippen LogP contribution in [0.5, 0.6) is 0 Å². The lowest BCUT2D eigenvalue weighted by Crippen LogP contribution is -2.42. The van der Waals surface area contributed by atoms with Crippen molar-refractivity contribution in [1.29, 1.82) is 0 Å². The van der Waals surface area contributed by atoms with Crippen molar-refractivity contribution in [3.63, 3.8) is 0 Å². The molecule has 1 atom stereocenters. The number of aromatic nitrogens is 2. The van der Waals surface area contributed by atoms with Gasteiger partial charge in [-0.25, -0.2) is 9.07 Å². The molecule has 1 saturated heterocycles. The number of likely N-dealkylation sites (tertiary alicyclic amines) is 1. The van der Waals surface area contributed by atoms with Crippen LogP contribution in [0.1, 0.15) is 30.1 Å². The first-order valence-electron chi connectivity index (χ1n) is 10.4. The van der Waals surface area contributed by atoms with Crippen LogP contribution in [0, 0.1) is 11.7 Å². The highest BCUT2D eigenvalue weighted by molar-refractivity contribution is 6.00. The number of hydrogen-bond acceptors (Lipinski definition) is 4. The number of nitrogens with zero attached hydrogens (tertiary/aromatic N) is 3. The highest BCUT2D eigenvalue weighted by atomic mass is 19.1. The van der Waals surface area contributed by atoms with Crippen molar-refractivity contribution in [2.45, 2.75) is 19.8 Å². The molecule has 4 rings (SSSR count). The van der Waals surface area contributed by atoms with Crippen LogP contribution in [-0.2, 0) is 9.53 Å². The van der Waals surface area contributed by atoms with Crippen molar-refractivity contribution in [1.82, 2.24) is 14.7 Å². The normalized spacial score (nSPS) is 16.2. The van der Waals surface area contributed by atoms with Crippen molar-refractivity contribution in [2.24, 2.45) is 5.92 Å². The molecule has 1 aliphatic heterocycles. The second-order valence-electron chi connectivity index (χ2n) is 7.50. The monoisotopic (exact) mass is 421 g/mol. The Morgan fingerprint density at radius 2 is 1.87 bits per heavy atom. The molecule has 2 aromatic carbocycles. The summed E-state index contributed by atoms with van der Waals surface area (Å²) in [6.45, 7) is 3.00. The number of carbonyl (C=O) groups excluding carboxylic acids is 2. The van der Waals surface area contributed by atoms with Gasteiger partial charge in [0.25, 0.3) is 5.91 Å². The van der Waals surface area contributed by atoms with Gasteiger partial charge in [0.1, 0.15) is 5.82 Å². The maximum absolute atomic E-state index is 13.5. The molecule has 31 heavy (non-hydrogen) atoms. The lowest BCUT2D eigenvalue weighted by Gasteiger charge is -2.31. The highest BCUT2D eigenvalue weighted by Gasteiger charge is 2.32. The van der Waals surface area contributed by atoms with Crippen molar-refractivity contribution < 1.29 is 18.7 Å². The number of benzene rings is 2. The minimum atomic E-state index is -0.341. The predicted molar refractivity (Wildman–Crippen MR) is 114 cm³/mol. The van der Waals surface area contributed by atoms with Gasteiger partial charge < -0.3 is 9.64 Å². The number of esters is 1. The Balaban J connectivity index is 1.70. The van der Waals surface area contributed by atoms with Crippen LogP contribution < -0.4 is 0 Å². The smallest absolute Gasteiger partial charge is 0.310 e. The Morgan fingerprint density at radius 1 is 1.13 bits per heavy atom. The summed E-state index contributed by atoms with van der Waals surface area (Å²) in [4.78, 5) is 27.4. The van der Waals surface area contributed by atoms with Gasteiger partial charge in [0.05, 0.1) is 35.7 Å². The molecule has 0 radical (unpaired) electrons. The molecule has 7 heteroatoms. The van der Waals surface area contributed by atoms with Crippen LogP contribution in [-0.4, -0.2) is 46.3 Å². The van der Waals surface area contributed by atoms with Gasteiger partial charge in [-0.3, -0.25) is 9.59 Å². The largest absolute Gasteiger partial charge is 0.466 e. The molecule has 1 aromatic heterocycles. The lowest BCUT2D eigenvalue weighted by molar-refractivity contribution is -0.149. The number of piperidine rings is 1. The molecule has 1 fully saturated rings. The molecule has 1 amide bonds. The van der Waals surface area contributed by atoms with Crippen molar-refractivity contribution in [2.75, 3.05) is 19.7 Å². The molecule has 1 aliphatic rings. The average molecular weight is 421 g/mol. The van der Waals surface area contributed by atoms with Gasteiger partial charge in [-0.1, -0.05) is 30.3 Å². The van der Waals surface area contributed by atoms with E-state index in [2.05, 4.69) is 5.10 Å². The number of hydrogen-bond donors (Lipinski definition) is 0. The van der Waals surface area contributed by atoms with Gasteiger partial charge in [-0.15, -0.1) is 0 Å². The Kier molecular flexibility index (Phi) is 6.11. The van der Waals surface area contributed by atoms with E-state index in [0.717, 1.165) is 12.0 Å². The van der Waals surface area contributed by atoms with Crippen LogP contribution >= 0.6 is 0 Å². The number of halogens is 1. The summed E-state index contributed by atoms with van der Waals surface area (Å²) in [5, 5.41) is 4.45. The van der Waals surface area contributed by atoms with E-state index in [0.29, 0.717) is 43.1 Å². The van der Waals surface area contributed by atoms with E-state index >= 15 is 0 Å². The number of carbonyl (C=O) groups is 2. The molecule has 0 N–H and O–H groups in total. The van der Waals surface area contributed by atoms with Crippen molar-refractivity contribution in [3.05, 3.63) is 72.2 Å². The molecular weight excluding hydrogens is 397 g/mol. The Morgan fingerprint density at radius 3 is 2.58 bits per heavy atom. The average Bonchev–Trinajstić information content (AvgIpc) is 3.25. The van der Waals surface area contributed by atoms with Crippen LogP contribution in [0.15, 0.2) is 60.8 Å². The third kappa shape index (κ3) is 4.35. The maximum atomic E-state index is 13.5. The topological polar surface area (TPSA) is 64.4 Å². The molecule has 0 spiro atoms. The zero-order valence-corrected chi connectivity index (χ0v) is 17.3. The molecule has 0 saturated carbocycles. The number of ether oxygens (including phenoxy) is 1. The van der Waals surface area contributed by atoms with Crippen molar-refractivity contribution >= 4 is 11.9 Å². The molecule has 0 aliphatic carbocycles. The van der Waals surface area contributed by atoms with E-state index in [1.54, 1.807) is 34.8 Å². The first-order valence-corrected chi connectivity index (χ1v) is 10.4. The van der Waals surface area contributed by atoms with E-state index in [1.807, 2.05) is 30.3 Å². The van der Waals surface area contributed by atoms with Gasteiger partial charge in [0, 0.05) is 18.7 Å². The molecular formula is C24H24FN3O3. The molecule has 160 valence electrons. The fraction of sp³-hybridized carbons (Fsp3) is 0.292. The van der Waals surface area contributed by atoms with Crippen molar-refractivity contribution in [3.8, 4) is 16.9 Å². The maximum Gasteiger partial charge on any atom is 0.310 e. The second-order valence-corrected chi connectivity index (χ2v) is 7.50. The van der Waals surface area contributed by atoms with E-state index in [-0.39, 0.29) is 23.6 Å².